The summed E-state index contributed by atoms with van der Waals surface area (Å²) in [5.74, 6) is 1.11. The zero-order valence-corrected chi connectivity index (χ0v) is 13.7. The molecular weight excluding hydrogens is 316 g/mol. The zero-order valence-electron chi connectivity index (χ0n) is 12.1. The normalized spacial score (nSPS) is 26.4. The van der Waals surface area contributed by atoms with Gasteiger partial charge in [-0.1, -0.05) is 22.4 Å². The first-order valence-corrected chi connectivity index (χ1v) is 8.38. The van der Waals surface area contributed by atoms with Crippen molar-refractivity contribution in [2.24, 2.45) is 5.73 Å². The molecule has 110 valence electrons. The Labute approximate surface area is 129 Å². The van der Waals surface area contributed by atoms with Crippen molar-refractivity contribution >= 4 is 15.9 Å². The van der Waals surface area contributed by atoms with Crippen LogP contribution in [0.15, 0.2) is 16.6 Å². The number of nitrogens with two attached hydrogens (primary N) is 1. The number of hydrogen-bond acceptors (Lipinski definition) is 3. The average molecular weight is 339 g/mol. The Morgan fingerprint density at radius 3 is 3.05 bits per heavy atom. The lowest BCUT2D eigenvalue weighted by Gasteiger charge is -2.40. The van der Waals surface area contributed by atoms with Crippen LogP contribution < -0.4 is 10.5 Å². The van der Waals surface area contributed by atoms with Gasteiger partial charge in [0, 0.05) is 41.6 Å². The van der Waals surface area contributed by atoms with E-state index in [0.29, 0.717) is 12.1 Å². The number of ether oxygens (including phenoxy) is 1. The number of fused-ring (bicyclic) bond motifs is 1. The Balaban J connectivity index is 1.86. The number of benzene rings is 1. The molecule has 0 radical (unpaired) electrons. The maximum Gasteiger partial charge on any atom is 0.127 e. The third-order valence-corrected chi connectivity index (χ3v) is 5.10. The zero-order chi connectivity index (χ0) is 14.1. The van der Waals surface area contributed by atoms with Crippen molar-refractivity contribution in [3.63, 3.8) is 0 Å². The van der Waals surface area contributed by atoms with Crippen LogP contribution in [0.3, 0.4) is 0 Å². The fourth-order valence-corrected chi connectivity index (χ4v) is 4.09. The summed E-state index contributed by atoms with van der Waals surface area (Å²) in [4.78, 5) is 2.56. The molecule has 0 saturated carbocycles. The van der Waals surface area contributed by atoms with Gasteiger partial charge in [0.15, 0.2) is 0 Å². The van der Waals surface area contributed by atoms with Crippen LogP contribution in [0, 0.1) is 0 Å². The number of piperidine rings is 1. The van der Waals surface area contributed by atoms with Crippen LogP contribution in [0.1, 0.15) is 37.3 Å². The molecule has 2 aliphatic rings. The Kier molecular flexibility index (Phi) is 4.34. The van der Waals surface area contributed by atoms with Gasteiger partial charge in [-0.05, 0) is 37.5 Å². The maximum atomic E-state index is 5.97. The molecule has 1 aromatic rings. The van der Waals surface area contributed by atoms with Gasteiger partial charge in [0.1, 0.15) is 5.75 Å². The molecule has 0 bridgehead atoms. The summed E-state index contributed by atoms with van der Waals surface area (Å²) >= 11 is 3.63. The van der Waals surface area contributed by atoms with Gasteiger partial charge in [-0.2, -0.15) is 0 Å². The Bertz CT molecular complexity index is 492. The van der Waals surface area contributed by atoms with E-state index in [0.717, 1.165) is 36.3 Å². The molecule has 4 heteroatoms. The molecule has 2 heterocycles. The first-order chi connectivity index (χ1) is 9.69. The van der Waals surface area contributed by atoms with Gasteiger partial charge in [-0.3, -0.25) is 4.90 Å². The highest BCUT2D eigenvalue weighted by molar-refractivity contribution is 9.10. The quantitative estimate of drug-likeness (QED) is 0.920. The monoisotopic (exact) mass is 338 g/mol. The third kappa shape index (κ3) is 2.74. The van der Waals surface area contributed by atoms with Crippen LogP contribution in [0.4, 0.5) is 0 Å². The van der Waals surface area contributed by atoms with Crippen LogP contribution in [0.5, 0.6) is 5.75 Å². The molecule has 3 rings (SSSR count). The lowest BCUT2D eigenvalue weighted by Crippen LogP contribution is -2.48. The van der Waals surface area contributed by atoms with Crippen molar-refractivity contribution in [2.75, 3.05) is 13.2 Å². The van der Waals surface area contributed by atoms with E-state index < -0.39 is 0 Å². The van der Waals surface area contributed by atoms with E-state index in [1.54, 1.807) is 0 Å². The second-order valence-corrected chi connectivity index (χ2v) is 6.91. The highest BCUT2D eigenvalue weighted by Crippen LogP contribution is 2.35. The van der Waals surface area contributed by atoms with Crippen LogP contribution in [-0.4, -0.2) is 30.1 Å². The summed E-state index contributed by atoms with van der Waals surface area (Å²) in [6.07, 6.45) is 4.82. The molecule has 2 unspecified atom stereocenters. The first kappa shape index (κ1) is 14.4. The van der Waals surface area contributed by atoms with E-state index in [9.17, 15) is 0 Å². The van der Waals surface area contributed by atoms with Gasteiger partial charge in [-0.25, -0.2) is 0 Å². The van der Waals surface area contributed by atoms with E-state index in [-0.39, 0.29) is 0 Å². The number of hydrogen-bond donors (Lipinski definition) is 1. The molecule has 2 N–H and O–H groups in total. The second-order valence-electron chi connectivity index (χ2n) is 5.99. The molecule has 0 aromatic heterocycles. The van der Waals surface area contributed by atoms with E-state index >= 15 is 0 Å². The Morgan fingerprint density at radius 2 is 2.25 bits per heavy atom. The van der Waals surface area contributed by atoms with Gasteiger partial charge in [0.05, 0.1) is 6.61 Å². The molecule has 0 amide bonds. The summed E-state index contributed by atoms with van der Waals surface area (Å²) in [6, 6.07) is 5.51. The summed E-state index contributed by atoms with van der Waals surface area (Å²) < 4.78 is 7.01. The van der Waals surface area contributed by atoms with Gasteiger partial charge < -0.3 is 10.5 Å². The smallest absolute Gasteiger partial charge is 0.127 e. The highest BCUT2D eigenvalue weighted by Gasteiger charge is 2.28. The number of halogens is 1. The van der Waals surface area contributed by atoms with Gasteiger partial charge in [-0.15, -0.1) is 0 Å². The molecule has 2 atom stereocenters. The van der Waals surface area contributed by atoms with Crippen LogP contribution in [0.2, 0.25) is 0 Å². The lowest BCUT2D eigenvalue weighted by atomic mass is 9.95. The summed E-state index contributed by atoms with van der Waals surface area (Å²) in [6.45, 7) is 4.84. The van der Waals surface area contributed by atoms with Crippen molar-refractivity contribution in [3.8, 4) is 5.75 Å². The molecule has 0 spiro atoms. The summed E-state index contributed by atoms with van der Waals surface area (Å²) in [5, 5.41) is 0. The largest absolute Gasteiger partial charge is 0.493 e. The van der Waals surface area contributed by atoms with Crippen molar-refractivity contribution in [3.05, 3.63) is 27.7 Å². The van der Waals surface area contributed by atoms with Crippen molar-refractivity contribution in [1.82, 2.24) is 4.90 Å². The fraction of sp³-hybridized carbons (Fsp3) is 0.625. The van der Waals surface area contributed by atoms with Gasteiger partial charge >= 0.3 is 0 Å². The molecule has 3 nitrogen and oxygen atoms in total. The number of likely N-dealkylation sites (tertiary alicyclic amines) is 1. The lowest BCUT2D eigenvalue weighted by molar-refractivity contribution is 0.0882. The predicted octanol–water partition coefficient (Wildman–Crippen LogP) is 3.09. The third-order valence-electron chi connectivity index (χ3n) is 4.64. The minimum atomic E-state index is 0.509. The predicted molar refractivity (Wildman–Crippen MR) is 85.0 cm³/mol. The molecule has 1 fully saturated rings. The standard InChI is InChI=1S/C16H23BrN2O/c1-11-3-2-4-15(9-18)19(11)10-13-8-14(17)7-12-5-6-20-16(12)13/h7-8,11,15H,2-6,9-10,18H2,1H3. The Morgan fingerprint density at radius 1 is 1.40 bits per heavy atom. The molecular formula is C16H23BrN2O. The molecule has 2 aliphatic heterocycles. The van der Waals surface area contributed by atoms with E-state index in [1.807, 2.05) is 0 Å². The average Bonchev–Trinajstić information content (AvgIpc) is 2.89. The second kappa shape index (κ2) is 6.04. The van der Waals surface area contributed by atoms with Crippen LogP contribution >= 0.6 is 15.9 Å². The van der Waals surface area contributed by atoms with Crippen molar-refractivity contribution in [1.29, 1.82) is 0 Å². The molecule has 1 aromatic carbocycles. The van der Waals surface area contributed by atoms with E-state index in [1.165, 1.54) is 30.4 Å². The SMILES string of the molecule is CC1CCCC(CN)N1Cc1cc(Br)cc2c1OCC2. The molecule has 20 heavy (non-hydrogen) atoms. The minimum Gasteiger partial charge on any atom is -0.493 e. The van der Waals surface area contributed by atoms with Crippen molar-refractivity contribution in [2.45, 2.75) is 51.2 Å². The topological polar surface area (TPSA) is 38.5 Å². The Hall–Kier alpha value is -0.580. The minimum absolute atomic E-state index is 0.509. The van der Waals surface area contributed by atoms with Crippen LogP contribution in [-0.2, 0) is 13.0 Å². The van der Waals surface area contributed by atoms with Crippen LogP contribution in [0.25, 0.3) is 0 Å². The fourth-order valence-electron chi connectivity index (χ4n) is 3.54. The van der Waals surface area contributed by atoms with E-state index in [2.05, 4.69) is 39.9 Å². The highest BCUT2D eigenvalue weighted by atomic mass is 79.9. The number of nitrogens with zero attached hydrogens (tertiary/aromatic N) is 1. The van der Waals surface area contributed by atoms with Gasteiger partial charge in [0.25, 0.3) is 0 Å². The molecule has 1 saturated heterocycles. The van der Waals surface area contributed by atoms with Crippen molar-refractivity contribution < 1.29 is 4.74 Å². The first-order valence-electron chi connectivity index (χ1n) is 7.59. The number of rotatable bonds is 3. The van der Waals surface area contributed by atoms with Gasteiger partial charge in [0.2, 0.25) is 0 Å². The summed E-state index contributed by atoms with van der Waals surface area (Å²) in [7, 11) is 0. The maximum absolute atomic E-state index is 5.97. The summed E-state index contributed by atoms with van der Waals surface area (Å²) in [5.41, 5.74) is 8.61. The van der Waals surface area contributed by atoms with E-state index in [4.69, 9.17) is 10.5 Å². The molecule has 0 aliphatic carbocycles.